The van der Waals surface area contributed by atoms with Gasteiger partial charge in [0, 0.05) is 12.6 Å². The molecule has 2 aliphatic rings. The van der Waals surface area contributed by atoms with E-state index in [9.17, 15) is 8.42 Å². The van der Waals surface area contributed by atoms with Gasteiger partial charge >= 0.3 is 0 Å². The van der Waals surface area contributed by atoms with Crippen LogP contribution in [0.4, 0.5) is 0 Å². The van der Waals surface area contributed by atoms with E-state index >= 15 is 0 Å². The smallest absolute Gasteiger partial charge is 0.151 e. The molecule has 0 aliphatic carbocycles. The van der Waals surface area contributed by atoms with Gasteiger partial charge in [0.1, 0.15) is 0 Å². The van der Waals surface area contributed by atoms with Gasteiger partial charge in [-0.3, -0.25) is 0 Å². The molecule has 0 aromatic rings. The van der Waals surface area contributed by atoms with Crippen molar-refractivity contribution in [3.8, 4) is 0 Å². The monoisotopic (exact) mass is 248 g/mol. The van der Waals surface area contributed by atoms with E-state index in [0.29, 0.717) is 24.7 Å². The van der Waals surface area contributed by atoms with E-state index < -0.39 is 9.84 Å². The highest BCUT2D eigenvalue weighted by molar-refractivity contribution is 7.91. The molecule has 2 aliphatic heterocycles. The van der Waals surface area contributed by atoms with Gasteiger partial charge in [-0.05, 0) is 19.9 Å². The molecule has 0 aromatic carbocycles. The van der Waals surface area contributed by atoms with Gasteiger partial charge in [0.25, 0.3) is 0 Å². The van der Waals surface area contributed by atoms with Crippen molar-refractivity contribution in [2.45, 2.75) is 24.4 Å². The highest BCUT2D eigenvalue weighted by Crippen LogP contribution is 2.21. The Morgan fingerprint density at radius 3 is 2.62 bits per heavy atom. The maximum Gasteiger partial charge on any atom is 0.151 e. The van der Waals surface area contributed by atoms with Gasteiger partial charge in [-0.25, -0.2) is 8.42 Å². The van der Waals surface area contributed by atoms with Crippen molar-refractivity contribution >= 4 is 9.84 Å². The van der Waals surface area contributed by atoms with E-state index in [1.165, 1.54) is 0 Å². The Bertz CT molecular complexity index is 351. The van der Waals surface area contributed by atoms with Crippen LogP contribution in [-0.2, 0) is 14.6 Å². The van der Waals surface area contributed by atoms with Crippen molar-refractivity contribution in [1.29, 1.82) is 0 Å². The van der Waals surface area contributed by atoms with Crippen LogP contribution in [0.1, 0.15) is 12.8 Å². The lowest BCUT2D eigenvalue weighted by molar-refractivity contribution is -0.0606. The van der Waals surface area contributed by atoms with Crippen LogP contribution >= 0.6 is 0 Å². The summed E-state index contributed by atoms with van der Waals surface area (Å²) in [5.41, 5.74) is 5.86. The quantitative estimate of drug-likeness (QED) is 0.707. The predicted molar refractivity (Wildman–Crippen MR) is 62.0 cm³/mol. The third-order valence-corrected chi connectivity index (χ3v) is 5.32. The first-order chi connectivity index (χ1) is 7.40. The SMILES string of the molecule is CN(CCC1(N)COC1)C1CCS(=O)(=O)C1. The zero-order valence-corrected chi connectivity index (χ0v) is 10.5. The molecule has 16 heavy (non-hydrogen) atoms. The number of sulfone groups is 1. The molecular weight excluding hydrogens is 228 g/mol. The minimum Gasteiger partial charge on any atom is -0.377 e. The molecule has 2 heterocycles. The maximum absolute atomic E-state index is 11.3. The van der Waals surface area contributed by atoms with Crippen LogP contribution in [0.25, 0.3) is 0 Å². The molecule has 2 N–H and O–H groups in total. The number of nitrogens with zero attached hydrogens (tertiary/aromatic N) is 1. The average Bonchev–Trinajstić information content (AvgIpc) is 2.52. The normalized spacial score (nSPS) is 31.6. The molecule has 0 radical (unpaired) electrons. The number of hydrogen-bond acceptors (Lipinski definition) is 5. The largest absolute Gasteiger partial charge is 0.377 e. The van der Waals surface area contributed by atoms with E-state index in [1.54, 1.807) is 0 Å². The number of ether oxygens (including phenoxy) is 1. The second-order valence-electron chi connectivity index (χ2n) is 5.14. The Hall–Kier alpha value is -0.170. The topological polar surface area (TPSA) is 72.6 Å². The highest BCUT2D eigenvalue weighted by Gasteiger charge is 2.36. The standard InChI is InChI=1S/C10H20N2O3S/c1-12(4-3-10(11)7-15-8-10)9-2-5-16(13,14)6-9/h9H,2-8,11H2,1H3. The minimum absolute atomic E-state index is 0.175. The Morgan fingerprint density at radius 1 is 1.50 bits per heavy atom. The van der Waals surface area contributed by atoms with Gasteiger partial charge in [-0.1, -0.05) is 0 Å². The van der Waals surface area contributed by atoms with E-state index in [0.717, 1.165) is 19.4 Å². The van der Waals surface area contributed by atoms with Crippen molar-refractivity contribution in [2.24, 2.45) is 5.73 Å². The summed E-state index contributed by atoms with van der Waals surface area (Å²) in [6.07, 6.45) is 1.63. The summed E-state index contributed by atoms with van der Waals surface area (Å²) in [6, 6.07) is 0.176. The average molecular weight is 248 g/mol. The first kappa shape index (κ1) is 12.3. The Kier molecular flexibility index (Phi) is 3.27. The molecular formula is C10H20N2O3S. The lowest BCUT2D eigenvalue weighted by Crippen LogP contribution is -2.58. The molecule has 5 nitrogen and oxygen atoms in total. The van der Waals surface area contributed by atoms with Crippen LogP contribution in [-0.4, -0.2) is 63.2 Å². The van der Waals surface area contributed by atoms with Gasteiger partial charge in [0.05, 0.1) is 30.3 Å². The van der Waals surface area contributed by atoms with Crippen molar-refractivity contribution in [2.75, 3.05) is 38.3 Å². The predicted octanol–water partition coefficient (Wildman–Crippen LogP) is -0.777. The molecule has 0 aromatic heterocycles. The number of hydrogen-bond donors (Lipinski definition) is 1. The summed E-state index contributed by atoms with van der Waals surface area (Å²) in [4.78, 5) is 2.12. The highest BCUT2D eigenvalue weighted by atomic mass is 32.2. The third kappa shape index (κ3) is 2.74. The van der Waals surface area contributed by atoms with E-state index in [4.69, 9.17) is 10.5 Å². The van der Waals surface area contributed by atoms with Gasteiger partial charge in [-0.2, -0.15) is 0 Å². The fourth-order valence-electron chi connectivity index (χ4n) is 2.21. The molecule has 1 unspecified atom stereocenters. The zero-order chi connectivity index (χ0) is 11.8. The fraction of sp³-hybridized carbons (Fsp3) is 1.00. The zero-order valence-electron chi connectivity index (χ0n) is 9.68. The molecule has 94 valence electrons. The van der Waals surface area contributed by atoms with Gasteiger partial charge in [0.2, 0.25) is 0 Å². The van der Waals surface area contributed by atoms with Gasteiger partial charge in [0.15, 0.2) is 9.84 Å². The van der Waals surface area contributed by atoms with E-state index in [-0.39, 0.29) is 11.6 Å². The van der Waals surface area contributed by atoms with E-state index in [2.05, 4.69) is 4.90 Å². The van der Waals surface area contributed by atoms with Crippen LogP contribution < -0.4 is 5.73 Å². The van der Waals surface area contributed by atoms with Gasteiger partial charge < -0.3 is 15.4 Å². The maximum atomic E-state index is 11.3. The van der Waals surface area contributed by atoms with Crippen molar-refractivity contribution in [1.82, 2.24) is 4.90 Å². The first-order valence-corrected chi connectivity index (χ1v) is 7.50. The molecule has 0 saturated carbocycles. The molecule has 2 rings (SSSR count). The lowest BCUT2D eigenvalue weighted by Gasteiger charge is -2.39. The molecule has 2 saturated heterocycles. The number of rotatable bonds is 4. The van der Waals surface area contributed by atoms with Crippen molar-refractivity contribution in [3.05, 3.63) is 0 Å². The fourth-order valence-corrected chi connectivity index (χ4v) is 4.02. The summed E-state index contributed by atoms with van der Waals surface area (Å²) in [5, 5.41) is 0. The molecule has 0 spiro atoms. The number of nitrogens with two attached hydrogens (primary N) is 1. The summed E-state index contributed by atoms with van der Waals surface area (Å²) < 4.78 is 27.8. The molecule has 2 fully saturated rings. The van der Waals surface area contributed by atoms with Crippen LogP contribution in [0.5, 0.6) is 0 Å². The third-order valence-electron chi connectivity index (χ3n) is 3.57. The van der Waals surface area contributed by atoms with Gasteiger partial charge in [-0.15, -0.1) is 0 Å². The second kappa shape index (κ2) is 4.25. The summed E-state index contributed by atoms with van der Waals surface area (Å²) >= 11 is 0. The molecule has 0 amide bonds. The molecule has 1 atom stereocenters. The Labute approximate surface area is 96.9 Å². The Balaban J connectivity index is 1.78. The second-order valence-corrected chi connectivity index (χ2v) is 7.37. The molecule has 6 heteroatoms. The summed E-state index contributed by atoms with van der Waals surface area (Å²) in [5.74, 6) is 0.635. The molecule has 0 bridgehead atoms. The minimum atomic E-state index is -2.78. The van der Waals surface area contributed by atoms with Crippen LogP contribution in [0.3, 0.4) is 0 Å². The lowest BCUT2D eigenvalue weighted by atomic mass is 9.94. The summed E-state index contributed by atoms with van der Waals surface area (Å²) in [6.45, 7) is 2.10. The van der Waals surface area contributed by atoms with Crippen molar-refractivity contribution < 1.29 is 13.2 Å². The van der Waals surface area contributed by atoms with Crippen LogP contribution in [0, 0.1) is 0 Å². The Morgan fingerprint density at radius 2 is 2.19 bits per heavy atom. The first-order valence-electron chi connectivity index (χ1n) is 5.68. The summed E-state index contributed by atoms with van der Waals surface area (Å²) in [7, 11) is -0.803. The van der Waals surface area contributed by atoms with Crippen molar-refractivity contribution in [3.63, 3.8) is 0 Å². The van der Waals surface area contributed by atoms with E-state index in [1.807, 2.05) is 7.05 Å². The van der Waals surface area contributed by atoms with Crippen LogP contribution in [0.2, 0.25) is 0 Å². The van der Waals surface area contributed by atoms with Crippen LogP contribution in [0.15, 0.2) is 0 Å².